The fraction of sp³-hybridized carbons (Fsp3) is 0.286. The molecule has 150 valence electrons. The van der Waals surface area contributed by atoms with Crippen molar-refractivity contribution in [1.29, 1.82) is 0 Å². The van der Waals surface area contributed by atoms with E-state index in [0.29, 0.717) is 30.9 Å². The van der Waals surface area contributed by atoms with Crippen molar-refractivity contribution in [3.63, 3.8) is 0 Å². The van der Waals surface area contributed by atoms with Crippen LogP contribution in [0.25, 0.3) is 10.2 Å². The van der Waals surface area contributed by atoms with Gasteiger partial charge in [0.05, 0.1) is 29.9 Å². The van der Waals surface area contributed by atoms with Gasteiger partial charge in [0, 0.05) is 18.8 Å². The highest BCUT2D eigenvalue weighted by Gasteiger charge is 2.34. The highest BCUT2D eigenvalue weighted by atomic mass is 32.1. The van der Waals surface area contributed by atoms with Gasteiger partial charge in [-0.15, -0.1) is 0 Å². The Morgan fingerprint density at radius 1 is 1.21 bits per heavy atom. The van der Waals surface area contributed by atoms with Gasteiger partial charge in [-0.1, -0.05) is 17.4 Å². The van der Waals surface area contributed by atoms with Crippen LogP contribution in [0.1, 0.15) is 17.3 Å². The molecule has 0 radical (unpaired) electrons. The molecule has 0 aliphatic carbocycles. The summed E-state index contributed by atoms with van der Waals surface area (Å²) in [7, 11) is 1.64. The minimum Gasteiger partial charge on any atom is -0.494 e. The summed E-state index contributed by atoms with van der Waals surface area (Å²) in [4.78, 5) is 31.0. The summed E-state index contributed by atoms with van der Waals surface area (Å²) in [5.74, 6) is 0.246. The molecule has 1 aliphatic rings. The molecule has 1 aliphatic heterocycles. The highest BCUT2D eigenvalue weighted by Crippen LogP contribution is 2.36. The molecule has 0 bridgehead atoms. The van der Waals surface area contributed by atoms with E-state index in [-0.39, 0.29) is 17.8 Å². The van der Waals surface area contributed by atoms with E-state index >= 15 is 0 Å². The standard InChI is InChI=1S/C21H21N3O4S/c1-3-28-20(26)13-7-9-15(10-8-13)22-19(25)14-11-24(12-14)21-23-18-16(27-2)5-4-6-17(18)29-21/h4-10,14H,3,11-12H2,1-2H3,(H,22,25). The van der Waals surface area contributed by atoms with Crippen LogP contribution in [0.15, 0.2) is 42.5 Å². The van der Waals surface area contributed by atoms with Crippen LogP contribution < -0.4 is 15.0 Å². The van der Waals surface area contributed by atoms with Crippen LogP contribution in [-0.4, -0.2) is 43.7 Å². The van der Waals surface area contributed by atoms with Crippen LogP contribution in [0, 0.1) is 5.92 Å². The lowest BCUT2D eigenvalue weighted by atomic mass is 10.00. The quantitative estimate of drug-likeness (QED) is 0.625. The van der Waals surface area contributed by atoms with Gasteiger partial charge in [0.25, 0.3) is 0 Å². The molecule has 0 atom stereocenters. The number of benzene rings is 2. The SMILES string of the molecule is CCOC(=O)c1ccc(NC(=O)C2CN(c3nc4c(OC)cccc4s3)C2)cc1. The first-order chi connectivity index (χ1) is 14.1. The summed E-state index contributed by atoms with van der Waals surface area (Å²) in [5.41, 5.74) is 1.97. The van der Waals surface area contributed by atoms with E-state index in [4.69, 9.17) is 9.47 Å². The largest absolute Gasteiger partial charge is 0.494 e. The molecular weight excluding hydrogens is 390 g/mol. The first kappa shape index (κ1) is 19.2. The average Bonchev–Trinajstić information content (AvgIpc) is 3.11. The van der Waals surface area contributed by atoms with Gasteiger partial charge < -0.3 is 19.7 Å². The third-order valence-corrected chi connectivity index (χ3v) is 5.86. The number of ether oxygens (including phenoxy) is 2. The monoisotopic (exact) mass is 411 g/mol. The lowest BCUT2D eigenvalue weighted by molar-refractivity contribution is -0.120. The van der Waals surface area contributed by atoms with Gasteiger partial charge in [-0.05, 0) is 43.3 Å². The second-order valence-electron chi connectivity index (χ2n) is 6.69. The number of nitrogens with one attached hydrogen (secondary N) is 1. The van der Waals surface area contributed by atoms with E-state index in [0.717, 1.165) is 21.1 Å². The number of thiazole rings is 1. The van der Waals surface area contributed by atoms with Gasteiger partial charge in [-0.25, -0.2) is 9.78 Å². The van der Waals surface area contributed by atoms with Crippen LogP contribution in [0.2, 0.25) is 0 Å². The molecule has 7 nitrogen and oxygen atoms in total. The van der Waals surface area contributed by atoms with Crippen molar-refractivity contribution in [2.24, 2.45) is 5.92 Å². The van der Waals surface area contributed by atoms with Gasteiger partial charge in [-0.2, -0.15) is 0 Å². The maximum Gasteiger partial charge on any atom is 0.338 e. The summed E-state index contributed by atoms with van der Waals surface area (Å²) >= 11 is 1.60. The van der Waals surface area contributed by atoms with Crippen LogP contribution in [-0.2, 0) is 9.53 Å². The lowest BCUT2D eigenvalue weighted by Crippen LogP contribution is -2.52. The summed E-state index contributed by atoms with van der Waals surface area (Å²) in [6.45, 7) is 3.33. The van der Waals surface area contributed by atoms with Crippen LogP contribution in [0.4, 0.5) is 10.8 Å². The molecule has 2 aromatic carbocycles. The predicted octanol–water partition coefficient (Wildman–Crippen LogP) is 3.56. The molecule has 8 heteroatoms. The van der Waals surface area contributed by atoms with E-state index in [1.165, 1.54) is 0 Å². The van der Waals surface area contributed by atoms with E-state index in [1.807, 2.05) is 18.2 Å². The number of anilines is 2. The number of methoxy groups -OCH3 is 1. The highest BCUT2D eigenvalue weighted by molar-refractivity contribution is 7.22. The Bertz CT molecular complexity index is 1040. The van der Waals surface area contributed by atoms with Crippen molar-refractivity contribution in [3.8, 4) is 5.75 Å². The van der Waals surface area contributed by atoms with Gasteiger partial charge in [0.2, 0.25) is 5.91 Å². The number of fused-ring (bicyclic) bond motifs is 1. The zero-order chi connectivity index (χ0) is 20.4. The third-order valence-electron chi connectivity index (χ3n) is 4.78. The summed E-state index contributed by atoms with van der Waals surface area (Å²) in [6, 6.07) is 12.6. The molecule has 0 saturated carbocycles. The Hall–Kier alpha value is -3.13. The Balaban J connectivity index is 1.35. The smallest absolute Gasteiger partial charge is 0.338 e. The number of hydrogen-bond donors (Lipinski definition) is 1. The van der Waals surface area contributed by atoms with Crippen LogP contribution >= 0.6 is 11.3 Å². The second kappa shape index (κ2) is 8.08. The number of rotatable bonds is 6. The number of aromatic nitrogens is 1. The van der Waals surface area contributed by atoms with Crippen molar-refractivity contribution >= 4 is 44.2 Å². The molecule has 0 unspecified atom stereocenters. The van der Waals surface area contributed by atoms with Crippen molar-refractivity contribution in [2.45, 2.75) is 6.92 Å². The van der Waals surface area contributed by atoms with Gasteiger partial charge in [0.1, 0.15) is 11.3 Å². The normalized spacial score (nSPS) is 13.8. The lowest BCUT2D eigenvalue weighted by Gasteiger charge is -2.37. The molecule has 0 spiro atoms. The summed E-state index contributed by atoms with van der Waals surface area (Å²) in [6.07, 6.45) is 0. The van der Waals surface area contributed by atoms with E-state index in [9.17, 15) is 9.59 Å². The minimum absolute atomic E-state index is 0.0381. The topological polar surface area (TPSA) is 80.8 Å². The number of nitrogens with zero attached hydrogens (tertiary/aromatic N) is 2. The molecule has 4 rings (SSSR count). The molecule has 1 N–H and O–H groups in total. The molecule has 1 saturated heterocycles. The molecule has 1 amide bonds. The Kier molecular flexibility index (Phi) is 5.35. The molecule has 3 aromatic rings. The number of para-hydroxylation sites is 1. The first-order valence-electron chi connectivity index (χ1n) is 9.35. The van der Waals surface area contributed by atoms with Gasteiger partial charge >= 0.3 is 5.97 Å². The average molecular weight is 411 g/mol. The Morgan fingerprint density at radius 2 is 1.97 bits per heavy atom. The number of carbonyl (C=O) groups is 2. The van der Waals surface area contributed by atoms with Crippen molar-refractivity contribution in [2.75, 3.05) is 37.0 Å². The van der Waals surface area contributed by atoms with E-state index < -0.39 is 0 Å². The van der Waals surface area contributed by atoms with Crippen LogP contribution in [0.5, 0.6) is 5.75 Å². The maximum absolute atomic E-state index is 12.5. The fourth-order valence-electron chi connectivity index (χ4n) is 3.16. The van der Waals surface area contributed by atoms with E-state index in [2.05, 4.69) is 15.2 Å². The number of carbonyl (C=O) groups excluding carboxylic acids is 2. The first-order valence-corrected chi connectivity index (χ1v) is 10.2. The molecule has 1 aromatic heterocycles. The Morgan fingerprint density at radius 3 is 2.66 bits per heavy atom. The Labute approximate surface area is 172 Å². The van der Waals surface area contributed by atoms with Gasteiger partial charge in [-0.3, -0.25) is 4.79 Å². The van der Waals surface area contributed by atoms with Crippen molar-refractivity contribution in [3.05, 3.63) is 48.0 Å². The minimum atomic E-state index is -0.368. The maximum atomic E-state index is 12.5. The summed E-state index contributed by atoms with van der Waals surface area (Å²) in [5, 5.41) is 3.80. The van der Waals surface area contributed by atoms with Gasteiger partial charge in [0.15, 0.2) is 5.13 Å². The number of hydrogen-bond acceptors (Lipinski definition) is 7. The number of amides is 1. The number of esters is 1. The predicted molar refractivity (Wildman–Crippen MR) is 113 cm³/mol. The van der Waals surface area contributed by atoms with Crippen molar-refractivity contribution < 1.29 is 19.1 Å². The fourth-order valence-corrected chi connectivity index (χ4v) is 4.16. The molecule has 2 heterocycles. The van der Waals surface area contributed by atoms with Crippen molar-refractivity contribution in [1.82, 2.24) is 4.98 Å². The zero-order valence-corrected chi connectivity index (χ0v) is 17.0. The van der Waals surface area contributed by atoms with Crippen LogP contribution in [0.3, 0.4) is 0 Å². The summed E-state index contributed by atoms with van der Waals surface area (Å²) < 4.78 is 11.4. The van der Waals surface area contributed by atoms with E-state index in [1.54, 1.807) is 49.6 Å². The third kappa shape index (κ3) is 3.88. The molecule has 29 heavy (non-hydrogen) atoms. The molecule has 1 fully saturated rings. The second-order valence-corrected chi connectivity index (χ2v) is 7.70. The molecular formula is C21H21N3O4S. The zero-order valence-electron chi connectivity index (χ0n) is 16.2.